The van der Waals surface area contributed by atoms with E-state index < -0.39 is 20.0 Å². The number of halogens is 1. The Morgan fingerprint density at radius 1 is 1.12 bits per heavy atom. The highest BCUT2D eigenvalue weighted by molar-refractivity contribution is 9.10. The molecule has 0 spiro atoms. The predicted octanol–water partition coefficient (Wildman–Crippen LogP) is 5.27. The molecule has 26 heavy (non-hydrogen) atoms. The van der Waals surface area contributed by atoms with E-state index in [-0.39, 0.29) is 11.0 Å². The van der Waals surface area contributed by atoms with Crippen LogP contribution in [0.5, 0.6) is 0 Å². The fraction of sp³-hybridized carbons (Fsp3) is 0.650. The van der Waals surface area contributed by atoms with Gasteiger partial charge in [-0.15, -0.1) is 0 Å². The van der Waals surface area contributed by atoms with Crippen molar-refractivity contribution in [3.05, 3.63) is 34.3 Å². The van der Waals surface area contributed by atoms with Gasteiger partial charge in [0.1, 0.15) is 5.60 Å². The maximum atomic E-state index is 12.7. The molecule has 1 unspecified atom stereocenters. The smallest absolute Gasteiger partial charge is 0.335 e. The van der Waals surface area contributed by atoms with Gasteiger partial charge in [-0.3, -0.25) is 0 Å². The summed E-state index contributed by atoms with van der Waals surface area (Å²) in [6.45, 7) is 17.5. The molecule has 0 saturated carbocycles. The minimum atomic E-state index is -2.09. The summed E-state index contributed by atoms with van der Waals surface area (Å²) in [5.41, 5.74) is 0.626. The van der Waals surface area contributed by atoms with E-state index in [1.807, 2.05) is 45.0 Å². The first kappa shape index (κ1) is 23.3. The third-order valence-electron chi connectivity index (χ3n) is 4.48. The fourth-order valence-electron chi connectivity index (χ4n) is 2.02. The second-order valence-electron chi connectivity index (χ2n) is 9.16. The number of nitrogens with one attached hydrogen (secondary N) is 1. The second-order valence-corrected chi connectivity index (χ2v) is 14.8. The Morgan fingerprint density at radius 3 is 2.12 bits per heavy atom. The Kier molecular flexibility index (Phi) is 8.08. The molecule has 0 saturated heterocycles. The Balaban J connectivity index is 2.79. The molecule has 0 aliphatic carbocycles. The van der Waals surface area contributed by atoms with E-state index in [9.17, 15) is 4.79 Å². The van der Waals surface area contributed by atoms with Crippen LogP contribution >= 0.6 is 15.9 Å². The third-order valence-corrected chi connectivity index (χ3v) is 9.50. The van der Waals surface area contributed by atoms with Crippen LogP contribution in [0.4, 0.5) is 0 Å². The summed E-state index contributed by atoms with van der Waals surface area (Å²) < 4.78 is 13.0. The van der Waals surface area contributed by atoms with Crippen molar-refractivity contribution in [1.29, 1.82) is 0 Å². The van der Waals surface area contributed by atoms with Crippen molar-refractivity contribution >= 4 is 30.2 Å². The molecule has 148 valence electrons. The van der Waals surface area contributed by atoms with Crippen LogP contribution in [-0.2, 0) is 20.5 Å². The number of carbonyl (C=O) groups is 1. The topological polar surface area (TPSA) is 47.6 Å². The number of benzene rings is 1. The summed E-state index contributed by atoms with van der Waals surface area (Å²) in [5, 5.41) is 3.37. The number of hydrogen-bond acceptors (Lipinski definition) is 4. The van der Waals surface area contributed by atoms with Crippen LogP contribution in [-0.4, -0.2) is 32.5 Å². The molecular formula is C20H34BrNO3Si. The number of ether oxygens (including phenoxy) is 1. The van der Waals surface area contributed by atoms with Gasteiger partial charge in [-0.2, -0.15) is 0 Å². The minimum Gasteiger partial charge on any atom is -0.458 e. The van der Waals surface area contributed by atoms with Crippen LogP contribution in [0.2, 0.25) is 18.1 Å². The summed E-state index contributed by atoms with van der Waals surface area (Å²) in [4.78, 5) is 12.7. The number of rotatable bonds is 7. The standard InChI is InChI=1S/C20H34BrNO3Si/c1-19(2,3)24-18(23)17(25-26(7,8)20(4,5)6)14-22-13-15-9-11-16(21)12-10-15/h9-12,17,22H,13-14H2,1-8H3. The van der Waals surface area contributed by atoms with Crippen LogP contribution in [0.1, 0.15) is 47.1 Å². The first-order valence-corrected chi connectivity index (χ1v) is 12.8. The highest BCUT2D eigenvalue weighted by atomic mass is 79.9. The van der Waals surface area contributed by atoms with E-state index in [2.05, 4.69) is 55.1 Å². The molecule has 0 aromatic heterocycles. The monoisotopic (exact) mass is 443 g/mol. The summed E-state index contributed by atoms with van der Waals surface area (Å²) in [6.07, 6.45) is -0.606. The maximum Gasteiger partial charge on any atom is 0.335 e. The van der Waals surface area contributed by atoms with Crippen molar-refractivity contribution in [2.24, 2.45) is 0 Å². The molecule has 0 aliphatic rings. The van der Waals surface area contributed by atoms with Gasteiger partial charge in [0.2, 0.25) is 0 Å². The van der Waals surface area contributed by atoms with Gasteiger partial charge in [-0.05, 0) is 56.6 Å². The number of hydrogen-bond donors (Lipinski definition) is 1. The Hall–Kier alpha value is -0.693. The van der Waals surface area contributed by atoms with Gasteiger partial charge in [0.05, 0.1) is 0 Å². The van der Waals surface area contributed by atoms with Crippen LogP contribution < -0.4 is 5.32 Å². The average Bonchev–Trinajstić information content (AvgIpc) is 2.45. The SMILES string of the molecule is CC(C)(C)OC(=O)C(CNCc1ccc(Br)cc1)O[Si](C)(C)C(C)(C)C. The Morgan fingerprint density at radius 2 is 1.65 bits per heavy atom. The van der Waals surface area contributed by atoms with Crippen molar-refractivity contribution in [2.75, 3.05) is 6.54 Å². The van der Waals surface area contributed by atoms with Crippen LogP contribution in [0, 0.1) is 0 Å². The van der Waals surface area contributed by atoms with Crippen LogP contribution in [0.15, 0.2) is 28.7 Å². The van der Waals surface area contributed by atoms with E-state index in [4.69, 9.17) is 9.16 Å². The second kappa shape index (κ2) is 9.00. The maximum absolute atomic E-state index is 12.7. The third kappa shape index (κ3) is 7.90. The molecule has 0 fully saturated rings. The van der Waals surface area contributed by atoms with Crippen LogP contribution in [0.3, 0.4) is 0 Å². The fourth-order valence-corrected chi connectivity index (χ4v) is 3.53. The van der Waals surface area contributed by atoms with Crippen molar-refractivity contribution in [2.45, 2.75) is 77.9 Å². The van der Waals surface area contributed by atoms with Crippen LogP contribution in [0.25, 0.3) is 0 Å². The van der Waals surface area contributed by atoms with E-state index in [0.29, 0.717) is 13.1 Å². The van der Waals surface area contributed by atoms with Crippen molar-refractivity contribution in [3.63, 3.8) is 0 Å². The quantitative estimate of drug-likeness (QED) is 0.460. The zero-order valence-corrected chi connectivity index (χ0v) is 20.0. The minimum absolute atomic E-state index is 0.0268. The molecule has 1 atom stereocenters. The zero-order chi connectivity index (χ0) is 20.2. The first-order valence-electron chi connectivity index (χ1n) is 9.07. The van der Waals surface area contributed by atoms with Gasteiger partial charge < -0.3 is 14.5 Å². The predicted molar refractivity (Wildman–Crippen MR) is 114 cm³/mol. The summed E-state index contributed by atoms with van der Waals surface area (Å²) in [6, 6.07) is 8.12. The molecule has 1 rings (SSSR count). The van der Waals surface area contributed by atoms with Gasteiger partial charge in [-0.1, -0.05) is 48.8 Å². The number of carbonyl (C=O) groups excluding carboxylic acids is 1. The van der Waals surface area contributed by atoms with Gasteiger partial charge in [0.15, 0.2) is 14.4 Å². The lowest BCUT2D eigenvalue weighted by atomic mass is 10.2. The van der Waals surface area contributed by atoms with Gasteiger partial charge in [-0.25, -0.2) is 4.79 Å². The molecule has 4 nitrogen and oxygen atoms in total. The molecule has 1 N–H and O–H groups in total. The lowest BCUT2D eigenvalue weighted by Crippen LogP contribution is -2.50. The molecule has 1 aromatic carbocycles. The zero-order valence-electron chi connectivity index (χ0n) is 17.4. The Bertz CT molecular complexity index is 589. The normalized spacial score (nSPS) is 14.2. The van der Waals surface area contributed by atoms with E-state index in [0.717, 1.165) is 10.0 Å². The van der Waals surface area contributed by atoms with E-state index in [1.165, 1.54) is 0 Å². The first-order chi connectivity index (χ1) is 11.7. The van der Waals surface area contributed by atoms with Crippen molar-refractivity contribution < 1.29 is 14.0 Å². The van der Waals surface area contributed by atoms with Gasteiger partial charge in [0.25, 0.3) is 0 Å². The molecule has 0 amide bonds. The van der Waals surface area contributed by atoms with Gasteiger partial charge >= 0.3 is 5.97 Å². The highest BCUT2D eigenvalue weighted by Gasteiger charge is 2.41. The number of esters is 1. The molecule has 1 aromatic rings. The highest BCUT2D eigenvalue weighted by Crippen LogP contribution is 2.37. The molecule has 6 heteroatoms. The van der Waals surface area contributed by atoms with Gasteiger partial charge in [0, 0.05) is 17.6 Å². The molecule has 0 radical (unpaired) electrons. The lowest BCUT2D eigenvalue weighted by Gasteiger charge is -2.39. The largest absolute Gasteiger partial charge is 0.458 e. The summed E-state index contributed by atoms with van der Waals surface area (Å²) in [5.74, 6) is -0.300. The molecule has 0 heterocycles. The molecular weight excluding hydrogens is 410 g/mol. The lowest BCUT2D eigenvalue weighted by molar-refractivity contribution is -0.163. The summed E-state index contributed by atoms with van der Waals surface area (Å²) in [7, 11) is -2.09. The molecule has 0 bridgehead atoms. The Labute approximate surface area is 168 Å². The van der Waals surface area contributed by atoms with E-state index >= 15 is 0 Å². The average molecular weight is 444 g/mol. The van der Waals surface area contributed by atoms with E-state index in [1.54, 1.807) is 0 Å². The molecule has 0 aliphatic heterocycles. The summed E-state index contributed by atoms with van der Waals surface area (Å²) >= 11 is 3.44. The van der Waals surface area contributed by atoms with Crippen molar-refractivity contribution in [1.82, 2.24) is 5.32 Å². The van der Waals surface area contributed by atoms with Crippen molar-refractivity contribution in [3.8, 4) is 0 Å².